The van der Waals surface area contributed by atoms with Crippen LogP contribution in [0.5, 0.6) is 0 Å². The number of allylic oxidation sites excluding steroid dienone is 3. The minimum absolute atomic E-state index is 0.378. The Hall–Kier alpha value is -0.780. The first kappa shape index (κ1) is 12.3. The van der Waals surface area contributed by atoms with Crippen molar-refractivity contribution >= 4 is 26.2 Å². The molecule has 0 aliphatic heterocycles. The molecule has 1 aliphatic rings. The van der Waals surface area contributed by atoms with Gasteiger partial charge in [-0.25, -0.2) is 4.79 Å². The van der Waals surface area contributed by atoms with Crippen molar-refractivity contribution in [3.05, 3.63) is 29.9 Å². The molecule has 0 saturated carbocycles. The van der Waals surface area contributed by atoms with E-state index in [1.807, 2.05) is 0 Å². The monoisotopic (exact) mass is 246 g/mol. The maximum Gasteiger partial charge on any atom is 0.266 e. The molecule has 0 aromatic heterocycles. The first-order valence-electron chi connectivity index (χ1n) is 4.19. The summed E-state index contributed by atoms with van der Waals surface area (Å²) in [4.78, 5) is 10.6. The van der Waals surface area contributed by atoms with Gasteiger partial charge in [-0.2, -0.15) is 4.21 Å². The van der Waals surface area contributed by atoms with Gasteiger partial charge in [-0.05, 0) is 13.0 Å². The van der Waals surface area contributed by atoms with E-state index in [1.54, 1.807) is 37.2 Å². The molecule has 0 aromatic rings. The normalized spacial score (nSPS) is 25.7. The van der Waals surface area contributed by atoms with Crippen molar-refractivity contribution in [1.82, 2.24) is 0 Å². The summed E-state index contributed by atoms with van der Waals surface area (Å²) in [6.45, 7) is 1.58. The standard InChI is InChI=1S/C9H10O4S2/c1-7(13-15(11,12)14)9-5-3-2-4-8(9)6-10/h2-5,7,9H,1H3,(H,11,12,14). The maximum atomic E-state index is 10.8. The molecule has 1 rings (SSSR count). The van der Waals surface area contributed by atoms with Gasteiger partial charge >= 0.3 is 0 Å². The number of carbonyl (C=O) groups excluding carboxylic acids is 1. The molecule has 0 radical (unpaired) electrons. The summed E-state index contributed by atoms with van der Waals surface area (Å²) < 4.78 is 24.4. The fraction of sp³-hybridized carbons (Fsp3) is 0.333. The zero-order chi connectivity index (χ0) is 11.5. The molecule has 15 heavy (non-hydrogen) atoms. The molecule has 1 N–H and O–H groups in total. The molecule has 1 aliphatic carbocycles. The minimum Gasteiger partial charge on any atom is -0.285 e. The lowest BCUT2D eigenvalue weighted by molar-refractivity contribution is 0.193. The van der Waals surface area contributed by atoms with E-state index in [0.29, 0.717) is 5.57 Å². The van der Waals surface area contributed by atoms with Crippen LogP contribution in [0.2, 0.25) is 0 Å². The predicted molar refractivity (Wildman–Crippen MR) is 59.7 cm³/mol. The highest BCUT2D eigenvalue weighted by Gasteiger charge is 2.23. The van der Waals surface area contributed by atoms with E-state index in [4.69, 9.17) is 8.74 Å². The largest absolute Gasteiger partial charge is 0.285 e. The highest BCUT2D eigenvalue weighted by atomic mass is 32.9. The molecule has 82 valence electrons. The quantitative estimate of drug-likeness (QED) is 0.753. The van der Waals surface area contributed by atoms with Crippen LogP contribution in [0, 0.1) is 5.92 Å². The highest BCUT2D eigenvalue weighted by molar-refractivity contribution is 8.27. The first-order chi connectivity index (χ1) is 6.94. The Morgan fingerprint density at radius 3 is 2.87 bits per heavy atom. The summed E-state index contributed by atoms with van der Waals surface area (Å²) in [5, 5.41) is 0. The van der Waals surface area contributed by atoms with Crippen LogP contribution in [0.15, 0.2) is 29.9 Å². The molecule has 0 heterocycles. The van der Waals surface area contributed by atoms with Crippen LogP contribution >= 0.6 is 0 Å². The van der Waals surface area contributed by atoms with E-state index >= 15 is 0 Å². The van der Waals surface area contributed by atoms with E-state index < -0.39 is 15.2 Å². The van der Waals surface area contributed by atoms with Gasteiger partial charge in [0.1, 0.15) is 5.94 Å². The maximum absolute atomic E-state index is 10.8. The van der Waals surface area contributed by atoms with E-state index in [0.717, 1.165) is 0 Å². The van der Waals surface area contributed by atoms with Gasteiger partial charge in [-0.15, -0.1) is 0 Å². The van der Waals surface area contributed by atoms with Gasteiger partial charge in [0, 0.05) is 22.7 Å². The summed E-state index contributed by atoms with van der Waals surface area (Å²) in [5.74, 6) is 1.38. The van der Waals surface area contributed by atoms with Gasteiger partial charge in [0.2, 0.25) is 0 Å². The Morgan fingerprint density at radius 1 is 1.67 bits per heavy atom. The second-order valence-electron chi connectivity index (χ2n) is 3.06. The lowest BCUT2D eigenvalue weighted by atomic mass is 9.91. The summed E-state index contributed by atoms with van der Waals surface area (Å²) in [6.07, 6.45) is 6.06. The Labute approximate surface area is 93.0 Å². The summed E-state index contributed by atoms with van der Waals surface area (Å²) in [6, 6.07) is 0. The molecule has 6 heteroatoms. The fourth-order valence-corrected chi connectivity index (χ4v) is 2.20. The van der Waals surface area contributed by atoms with Crippen LogP contribution in [-0.2, 0) is 29.2 Å². The molecular weight excluding hydrogens is 236 g/mol. The van der Waals surface area contributed by atoms with Gasteiger partial charge in [0.25, 0.3) is 9.05 Å². The van der Waals surface area contributed by atoms with Crippen LogP contribution in [0.3, 0.4) is 0 Å². The smallest absolute Gasteiger partial charge is 0.266 e. The van der Waals surface area contributed by atoms with Gasteiger partial charge < -0.3 is 0 Å². The lowest BCUT2D eigenvalue weighted by Crippen LogP contribution is -2.24. The third kappa shape index (κ3) is 3.70. The van der Waals surface area contributed by atoms with E-state index in [2.05, 4.69) is 11.2 Å². The number of rotatable bonds is 3. The van der Waals surface area contributed by atoms with Crippen LogP contribution in [0.4, 0.5) is 0 Å². The van der Waals surface area contributed by atoms with Gasteiger partial charge in [-0.1, -0.05) is 18.2 Å². The van der Waals surface area contributed by atoms with E-state index in [-0.39, 0.29) is 5.92 Å². The molecule has 0 fully saturated rings. The van der Waals surface area contributed by atoms with Gasteiger partial charge in [-0.3, -0.25) is 8.74 Å². The van der Waals surface area contributed by atoms with Gasteiger partial charge in [0.05, 0.1) is 6.10 Å². The number of hydrogen-bond donors (Lipinski definition) is 1. The van der Waals surface area contributed by atoms with Crippen molar-refractivity contribution in [2.45, 2.75) is 13.0 Å². The highest BCUT2D eigenvalue weighted by Crippen LogP contribution is 2.22. The molecule has 3 atom stereocenters. The zero-order valence-electron chi connectivity index (χ0n) is 7.95. The summed E-state index contributed by atoms with van der Waals surface area (Å²) >= 11 is 4.22. The Bertz CT molecular complexity index is 441. The third-order valence-electron chi connectivity index (χ3n) is 1.96. The molecule has 0 aromatic carbocycles. The summed E-state index contributed by atoms with van der Waals surface area (Å²) in [5.41, 5.74) is 0.378. The van der Waals surface area contributed by atoms with E-state index in [1.165, 1.54) is 0 Å². The van der Waals surface area contributed by atoms with Gasteiger partial charge in [0.15, 0.2) is 0 Å². The van der Waals surface area contributed by atoms with Crippen molar-refractivity contribution in [2.24, 2.45) is 5.92 Å². The second kappa shape index (κ2) is 4.83. The second-order valence-corrected chi connectivity index (χ2v) is 5.37. The van der Waals surface area contributed by atoms with Crippen LogP contribution in [0.1, 0.15) is 6.92 Å². The lowest BCUT2D eigenvalue weighted by Gasteiger charge is -2.20. The molecular formula is C9H10O4S2. The molecule has 0 spiro atoms. The average Bonchev–Trinajstić information content (AvgIpc) is 2.15. The van der Waals surface area contributed by atoms with Crippen molar-refractivity contribution < 1.29 is 17.7 Å². The van der Waals surface area contributed by atoms with Crippen LogP contribution in [-0.4, -0.2) is 20.8 Å². The zero-order valence-corrected chi connectivity index (χ0v) is 9.59. The van der Waals surface area contributed by atoms with E-state index in [9.17, 15) is 9.00 Å². The topological polar surface area (TPSA) is 63.6 Å². The first-order valence-corrected chi connectivity index (χ1v) is 6.56. The fourth-order valence-electron chi connectivity index (χ4n) is 1.32. The van der Waals surface area contributed by atoms with Crippen LogP contribution < -0.4 is 0 Å². The molecule has 0 bridgehead atoms. The average molecular weight is 246 g/mol. The van der Waals surface area contributed by atoms with Crippen molar-refractivity contribution in [1.29, 1.82) is 0 Å². The molecule has 0 saturated heterocycles. The van der Waals surface area contributed by atoms with Crippen molar-refractivity contribution in [3.63, 3.8) is 0 Å². The predicted octanol–water partition coefficient (Wildman–Crippen LogP) is 1.03. The SMILES string of the molecule is CC(OS(=O)(O)=S)C1C=CC=CC1=C=O. The van der Waals surface area contributed by atoms with Crippen molar-refractivity contribution in [2.75, 3.05) is 0 Å². The van der Waals surface area contributed by atoms with Crippen LogP contribution in [0.25, 0.3) is 0 Å². The molecule has 4 nitrogen and oxygen atoms in total. The molecule has 3 unspecified atom stereocenters. The number of hydrogen-bond acceptors (Lipinski definition) is 4. The Morgan fingerprint density at radius 2 is 2.33 bits per heavy atom. The third-order valence-corrected chi connectivity index (χ3v) is 2.74. The molecule has 0 amide bonds. The minimum atomic E-state index is -3.67. The Balaban J connectivity index is 2.84. The van der Waals surface area contributed by atoms with Crippen molar-refractivity contribution in [3.8, 4) is 0 Å². The summed E-state index contributed by atoms with van der Waals surface area (Å²) in [7, 11) is -3.67. The Kier molecular flexibility index (Phi) is 3.96.